The SMILES string of the molecule is COc1ccc2c(ccn2CCC(=O)N2CCN(c3ccc(F)cc3)CC2)c1. The lowest BCUT2D eigenvalue weighted by Crippen LogP contribution is -2.48. The van der Waals surface area contributed by atoms with Crippen molar-refractivity contribution in [1.29, 1.82) is 0 Å². The van der Waals surface area contributed by atoms with Gasteiger partial charge in [0.25, 0.3) is 0 Å². The van der Waals surface area contributed by atoms with Gasteiger partial charge >= 0.3 is 0 Å². The number of anilines is 1. The first-order valence-corrected chi connectivity index (χ1v) is 9.55. The summed E-state index contributed by atoms with van der Waals surface area (Å²) >= 11 is 0. The van der Waals surface area contributed by atoms with Crippen molar-refractivity contribution in [2.45, 2.75) is 13.0 Å². The van der Waals surface area contributed by atoms with Crippen LogP contribution in [0.1, 0.15) is 6.42 Å². The van der Waals surface area contributed by atoms with Crippen LogP contribution in [-0.2, 0) is 11.3 Å². The number of methoxy groups -OCH3 is 1. The molecule has 0 atom stereocenters. The summed E-state index contributed by atoms with van der Waals surface area (Å²) in [5, 5.41) is 1.11. The number of carbonyl (C=O) groups excluding carboxylic acids is 1. The van der Waals surface area contributed by atoms with Crippen LogP contribution in [0.5, 0.6) is 5.75 Å². The van der Waals surface area contributed by atoms with E-state index in [2.05, 4.69) is 9.47 Å². The smallest absolute Gasteiger partial charge is 0.224 e. The Morgan fingerprint density at radius 3 is 2.50 bits per heavy atom. The summed E-state index contributed by atoms with van der Waals surface area (Å²) in [7, 11) is 1.66. The van der Waals surface area contributed by atoms with Crippen LogP contribution in [0, 0.1) is 5.82 Å². The fourth-order valence-electron chi connectivity index (χ4n) is 3.74. The summed E-state index contributed by atoms with van der Waals surface area (Å²) < 4.78 is 20.5. The van der Waals surface area contributed by atoms with Gasteiger partial charge in [0.2, 0.25) is 5.91 Å². The van der Waals surface area contributed by atoms with Gasteiger partial charge in [0, 0.05) is 61.9 Å². The number of benzene rings is 2. The predicted molar refractivity (Wildman–Crippen MR) is 108 cm³/mol. The van der Waals surface area contributed by atoms with Crippen LogP contribution >= 0.6 is 0 Å². The Kier molecular flexibility index (Phi) is 5.19. The van der Waals surface area contributed by atoms with Gasteiger partial charge in [0.1, 0.15) is 11.6 Å². The van der Waals surface area contributed by atoms with Gasteiger partial charge in [-0.2, -0.15) is 0 Å². The number of amides is 1. The first kappa shape index (κ1) is 18.3. The Labute approximate surface area is 163 Å². The summed E-state index contributed by atoms with van der Waals surface area (Å²) in [5.41, 5.74) is 2.11. The van der Waals surface area contributed by atoms with Crippen molar-refractivity contribution in [1.82, 2.24) is 9.47 Å². The number of ether oxygens (including phenoxy) is 1. The molecule has 1 aromatic heterocycles. The predicted octanol–water partition coefficient (Wildman–Crippen LogP) is 3.53. The highest BCUT2D eigenvalue weighted by Crippen LogP contribution is 2.22. The van der Waals surface area contributed by atoms with Crippen molar-refractivity contribution in [2.24, 2.45) is 0 Å². The second kappa shape index (κ2) is 7.92. The summed E-state index contributed by atoms with van der Waals surface area (Å²) in [5.74, 6) is 0.781. The molecule has 1 fully saturated rings. The van der Waals surface area contributed by atoms with E-state index in [4.69, 9.17) is 4.74 Å². The molecule has 4 rings (SSSR count). The Morgan fingerprint density at radius 2 is 1.79 bits per heavy atom. The van der Waals surface area contributed by atoms with Gasteiger partial charge < -0.3 is 19.1 Å². The van der Waals surface area contributed by atoms with E-state index >= 15 is 0 Å². The lowest BCUT2D eigenvalue weighted by atomic mass is 10.2. The zero-order valence-electron chi connectivity index (χ0n) is 16.0. The summed E-state index contributed by atoms with van der Waals surface area (Å²) in [6.07, 6.45) is 2.50. The standard InChI is InChI=1S/C22H24FN3O2/c1-28-20-6-7-21-17(16-20)8-10-25(21)11-9-22(27)26-14-12-24(13-15-26)19-4-2-18(23)3-5-19/h2-8,10,16H,9,11-15H2,1H3. The zero-order valence-corrected chi connectivity index (χ0v) is 16.0. The van der Waals surface area contributed by atoms with E-state index in [0.717, 1.165) is 35.4 Å². The monoisotopic (exact) mass is 381 g/mol. The Hall–Kier alpha value is -3.02. The molecule has 3 aromatic rings. The third kappa shape index (κ3) is 3.81. The van der Waals surface area contributed by atoms with Crippen molar-refractivity contribution >= 4 is 22.5 Å². The molecule has 2 aromatic carbocycles. The van der Waals surface area contributed by atoms with E-state index in [-0.39, 0.29) is 11.7 Å². The van der Waals surface area contributed by atoms with Crippen LogP contribution < -0.4 is 9.64 Å². The molecular formula is C22H24FN3O2. The first-order chi connectivity index (χ1) is 13.6. The van der Waals surface area contributed by atoms with Gasteiger partial charge in [-0.25, -0.2) is 4.39 Å². The molecule has 28 heavy (non-hydrogen) atoms. The fourth-order valence-corrected chi connectivity index (χ4v) is 3.74. The Bertz CT molecular complexity index is 960. The molecule has 1 amide bonds. The normalized spacial score (nSPS) is 14.5. The molecule has 0 aliphatic carbocycles. The molecule has 0 spiro atoms. The molecule has 0 bridgehead atoms. The number of aryl methyl sites for hydroxylation is 1. The van der Waals surface area contributed by atoms with Crippen molar-refractivity contribution in [3.05, 3.63) is 60.5 Å². The van der Waals surface area contributed by atoms with E-state index in [9.17, 15) is 9.18 Å². The van der Waals surface area contributed by atoms with E-state index < -0.39 is 0 Å². The van der Waals surface area contributed by atoms with E-state index in [1.807, 2.05) is 35.4 Å². The van der Waals surface area contributed by atoms with Gasteiger partial charge in [0.05, 0.1) is 7.11 Å². The van der Waals surface area contributed by atoms with Crippen LogP contribution in [0.4, 0.5) is 10.1 Å². The molecule has 1 saturated heterocycles. The third-order valence-corrected chi connectivity index (χ3v) is 5.37. The van der Waals surface area contributed by atoms with Gasteiger partial charge in [-0.1, -0.05) is 0 Å². The summed E-state index contributed by atoms with van der Waals surface area (Å²) in [4.78, 5) is 16.8. The van der Waals surface area contributed by atoms with Crippen molar-refractivity contribution < 1.29 is 13.9 Å². The quantitative estimate of drug-likeness (QED) is 0.679. The highest BCUT2D eigenvalue weighted by atomic mass is 19.1. The molecule has 0 radical (unpaired) electrons. The van der Waals surface area contributed by atoms with Gasteiger partial charge in [0.15, 0.2) is 0 Å². The maximum atomic E-state index is 13.1. The minimum Gasteiger partial charge on any atom is -0.497 e. The van der Waals surface area contributed by atoms with Crippen LogP contribution in [0.3, 0.4) is 0 Å². The highest BCUT2D eigenvalue weighted by Gasteiger charge is 2.21. The number of aromatic nitrogens is 1. The molecule has 146 valence electrons. The van der Waals surface area contributed by atoms with E-state index in [0.29, 0.717) is 26.1 Å². The maximum absolute atomic E-state index is 13.1. The average Bonchev–Trinajstić information content (AvgIpc) is 3.15. The van der Waals surface area contributed by atoms with Crippen LogP contribution in [0.15, 0.2) is 54.7 Å². The maximum Gasteiger partial charge on any atom is 0.224 e. The van der Waals surface area contributed by atoms with Crippen LogP contribution in [-0.4, -0.2) is 48.7 Å². The number of carbonyl (C=O) groups is 1. The molecule has 0 saturated carbocycles. The zero-order chi connectivity index (χ0) is 19.5. The molecule has 0 N–H and O–H groups in total. The van der Waals surface area contributed by atoms with Crippen molar-refractivity contribution in [3.8, 4) is 5.75 Å². The van der Waals surface area contributed by atoms with Gasteiger partial charge in [-0.05, 0) is 48.5 Å². The van der Waals surface area contributed by atoms with Crippen LogP contribution in [0.2, 0.25) is 0 Å². The Morgan fingerprint density at radius 1 is 1.04 bits per heavy atom. The minimum atomic E-state index is -0.228. The number of piperazine rings is 1. The van der Waals surface area contributed by atoms with Crippen molar-refractivity contribution in [2.75, 3.05) is 38.2 Å². The lowest BCUT2D eigenvalue weighted by Gasteiger charge is -2.36. The average molecular weight is 381 g/mol. The number of hydrogen-bond acceptors (Lipinski definition) is 3. The molecule has 2 heterocycles. The third-order valence-electron chi connectivity index (χ3n) is 5.37. The summed E-state index contributed by atoms with van der Waals surface area (Å²) in [6.45, 7) is 3.58. The number of hydrogen-bond donors (Lipinski definition) is 0. The molecule has 1 aliphatic heterocycles. The lowest BCUT2D eigenvalue weighted by molar-refractivity contribution is -0.131. The fraction of sp³-hybridized carbons (Fsp3) is 0.318. The molecule has 0 unspecified atom stereocenters. The highest BCUT2D eigenvalue weighted by molar-refractivity contribution is 5.82. The van der Waals surface area contributed by atoms with Gasteiger partial charge in [-0.3, -0.25) is 4.79 Å². The molecule has 6 heteroatoms. The second-order valence-corrected chi connectivity index (χ2v) is 7.03. The number of halogens is 1. The van der Waals surface area contributed by atoms with Crippen molar-refractivity contribution in [3.63, 3.8) is 0 Å². The molecule has 1 aliphatic rings. The second-order valence-electron chi connectivity index (χ2n) is 7.03. The van der Waals surface area contributed by atoms with E-state index in [1.165, 1.54) is 12.1 Å². The largest absolute Gasteiger partial charge is 0.497 e. The minimum absolute atomic E-state index is 0.175. The number of fused-ring (bicyclic) bond motifs is 1. The number of rotatable bonds is 5. The van der Waals surface area contributed by atoms with E-state index in [1.54, 1.807) is 19.2 Å². The first-order valence-electron chi connectivity index (χ1n) is 9.55. The molecule has 5 nitrogen and oxygen atoms in total. The topological polar surface area (TPSA) is 37.7 Å². The van der Waals surface area contributed by atoms with Gasteiger partial charge in [-0.15, -0.1) is 0 Å². The summed E-state index contributed by atoms with van der Waals surface area (Å²) in [6, 6.07) is 14.5. The number of nitrogens with zero attached hydrogens (tertiary/aromatic N) is 3. The Balaban J connectivity index is 1.32. The molecular weight excluding hydrogens is 357 g/mol. The van der Waals surface area contributed by atoms with Crippen LogP contribution in [0.25, 0.3) is 10.9 Å².